The zero-order chi connectivity index (χ0) is 10.6. The molecular formula is C11H15NO2. The van der Waals surface area contributed by atoms with E-state index >= 15 is 0 Å². The van der Waals surface area contributed by atoms with Crippen LogP contribution in [-0.4, -0.2) is 24.2 Å². The Kier molecular flexibility index (Phi) is 3.65. The first-order valence-corrected chi connectivity index (χ1v) is 4.59. The number of nitrogens with one attached hydrogen (secondary N) is 1. The van der Waals surface area contributed by atoms with Gasteiger partial charge in [0.1, 0.15) is 6.04 Å². The lowest BCUT2D eigenvalue weighted by molar-refractivity contribution is -0.139. The molecule has 14 heavy (non-hydrogen) atoms. The number of benzene rings is 1. The SMILES string of the molecule is CN[C@H](Cc1cccc(C)c1)C(=O)O. The zero-order valence-corrected chi connectivity index (χ0v) is 8.45. The molecule has 2 N–H and O–H groups in total. The molecule has 1 aromatic rings. The van der Waals surface area contributed by atoms with Gasteiger partial charge in [-0.15, -0.1) is 0 Å². The van der Waals surface area contributed by atoms with Gasteiger partial charge in [0.2, 0.25) is 0 Å². The van der Waals surface area contributed by atoms with Crippen molar-refractivity contribution in [2.45, 2.75) is 19.4 Å². The molecule has 0 radical (unpaired) electrons. The van der Waals surface area contributed by atoms with Crippen molar-refractivity contribution in [2.24, 2.45) is 0 Å². The minimum absolute atomic E-state index is 0.503. The molecule has 1 aromatic carbocycles. The lowest BCUT2D eigenvalue weighted by Gasteiger charge is -2.11. The van der Waals surface area contributed by atoms with Gasteiger partial charge in [0, 0.05) is 0 Å². The molecule has 0 amide bonds. The molecule has 76 valence electrons. The summed E-state index contributed by atoms with van der Waals surface area (Å²) < 4.78 is 0. The summed E-state index contributed by atoms with van der Waals surface area (Å²) in [6.45, 7) is 2.00. The summed E-state index contributed by atoms with van der Waals surface area (Å²) in [5.74, 6) is -0.811. The van der Waals surface area contributed by atoms with E-state index in [2.05, 4.69) is 5.32 Å². The smallest absolute Gasteiger partial charge is 0.321 e. The van der Waals surface area contributed by atoms with E-state index in [9.17, 15) is 4.79 Å². The largest absolute Gasteiger partial charge is 0.480 e. The summed E-state index contributed by atoms with van der Waals surface area (Å²) in [7, 11) is 1.66. The van der Waals surface area contributed by atoms with E-state index in [1.54, 1.807) is 7.05 Å². The molecule has 0 aromatic heterocycles. The lowest BCUT2D eigenvalue weighted by atomic mass is 10.0. The zero-order valence-electron chi connectivity index (χ0n) is 8.45. The first kappa shape index (κ1) is 10.7. The van der Waals surface area contributed by atoms with Crippen LogP contribution in [0, 0.1) is 6.92 Å². The Morgan fingerprint density at radius 2 is 2.29 bits per heavy atom. The van der Waals surface area contributed by atoms with Crippen LogP contribution in [0.1, 0.15) is 11.1 Å². The number of aliphatic carboxylic acids is 1. The van der Waals surface area contributed by atoms with Crippen LogP contribution in [0.15, 0.2) is 24.3 Å². The second kappa shape index (κ2) is 4.77. The van der Waals surface area contributed by atoms with Crippen molar-refractivity contribution in [1.82, 2.24) is 5.32 Å². The first-order valence-electron chi connectivity index (χ1n) is 4.59. The number of carbonyl (C=O) groups is 1. The Morgan fingerprint density at radius 3 is 2.79 bits per heavy atom. The maximum atomic E-state index is 10.8. The minimum Gasteiger partial charge on any atom is -0.480 e. The molecule has 0 saturated carbocycles. The van der Waals surface area contributed by atoms with Crippen LogP contribution in [0.3, 0.4) is 0 Å². The molecule has 1 atom stereocenters. The first-order chi connectivity index (χ1) is 6.63. The van der Waals surface area contributed by atoms with Gasteiger partial charge in [-0.25, -0.2) is 0 Å². The highest BCUT2D eigenvalue weighted by Gasteiger charge is 2.14. The van der Waals surface area contributed by atoms with Gasteiger partial charge in [-0.05, 0) is 26.0 Å². The van der Waals surface area contributed by atoms with Crippen molar-refractivity contribution in [2.75, 3.05) is 7.05 Å². The Balaban J connectivity index is 2.72. The van der Waals surface area contributed by atoms with E-state index < -0.39 is 12.0 Å². The van der Waals surface area contributed by atoms with Crippen molar-refractivity contribution in [3.63, 3.8) is 0 Å². The summed E-state index contributed by atoms with van der Waals surface area (Å²) in [6, 6.07) is 7.39. The second-order valence-electron chi connectivity index (χ2n) is 3.37. The number of carboxylic acid groups (broad SMARTS) is 1. The third kappa shape index (κ3) is 2.85. The van der Waals surface area contributed by atoms with Crippen molar-refractivity contribution in [3.8, 4) is 0 Å². The average Bonchev–Trinajstić information content (AvgIpc) is 2.14. The van der Waals surface area contributed by atoms with E-state index in [-0.39, 0.29) is 0 Å². The van der Waals surface area contributed by atoms with Crippen LogP contribution in [-0.2, 0) is 11.2 Å². The van der Waals surface area contributed by atoms with Gasteiger partial charge in [-0.3, -0.25) is 4.79 Å². The van der Waals surface area contributed by atoms with E-state index in [1.807, 2.05) is 31.2 Å². The Hall–Kier alpha value is -1.35. The van der Waals surface area contributed by atoms with Gasteiger partial charge >= 0.3 is 5.97 Å². The lowest BCUT2D eigenvalue weighted by Crippen LogP contribution is -2.35. The van der Waals surface area contributed by atoms with Crippen LogP contribution in [0.25, 0.3) is 0 Å². The standard InChI is InChI=1S/C11H15NO2/c1-8-4-3-5-9(6-8)7-10(12-2)11(13)14/h3-6,10,12H,7H2,1-2H3,(H,13,14)/t10-/m1/s1. The molecule has 0 aliphatic rings. The maximum absolute atomic E-state index is 10.8. The van der Waals surface area contributed by atoms with Crippen molar-refractivity contribution < 1.29 is 9.90 Å². The van der Waals surface area contributed by atoms with Gasteiger partial charge in [0.15, 0.2) is 0 Å². The van der Waals surface area contributed by atoms with Crippen LogP contribution in [0.4, 0.5) is 0 Å². The van der Waals surface area contributed by atoms with Crippen LogP contribution in [0.5, 0.6) is 0 Å². The third-order valence-electron chi connectivity index (χ3n) is 2.17. The normalized spacial score (nSPS) is 12.4. The average molecular weight is 193 g/mol. The molecule has 0 spiro atoms. The van der Waals surface area contributed by atoms with Gasteiger partial charge in [-0.2, -0.15) is 0 Å². The molecule has 0 unspecified atom stereocenters. The summed E-state index contributed by atoms with van der Waals surface area (Å²) in [5, 5.41) is 11.6. The highest BCUT2D eigenvalue weighted by atomic mass is 16.4. The van der Waals surface area contributed by atoms with Gasteiger partial charge < -0.3 is 10.4 Å². The van der Waals surface area contributed by atoms with E-state index in [0.29, 0.717) is 6.42 Å². The molecule has 0 saturated heterocycles. The van der Waals surface area contributed by atoms with Gasteiger partial charge in [0.25, 0.3) is 0 Å². The molecule has 0 bridgehead atoms. The second-order valence-corrected chi connectivity index (χ2v) is 3.37. The molecule has 0 heterocycles. The predicted molar refractivity (Wildman–Crippen MR) is 55.4 cm³/mol. The Bertz CT molecular complexity index is 323. The van der Waals surface area contributed by atoms with Crippen molar-refractivity contribution in [3.05, 3.63) is 35.4 Å². The fourth-order valence-electron chi connectivity index (χ4n) is 1.39. The van der Waals surface area contributed by atoms with E-state index in [1.165, 1.54) is 0 Å². The third-order valence-corrected chi connectivity index (χ3v) is 2.17. The van der Waals surface area contributed by atoms with Crippen molar-refractivity contribution in [1.29, 1.82) is 0 Å². The van der Waals surface area contributed by atoms with Crippen LogP contribution in [0.2, 0.25) is 0 Å². The van der Waals surface area contributed by atoms with E-state index in [0.717, 1.165) is 11.1 Å². The van der Waals surface area contributed by atoms with Crippen LogP contribution < -0.4 is 5.32 Å². The summed E-state index contributed by atoms with van der Waals surface area (Å²) in [6.07, 6.45) is 0.521. The fraction of sp³-hybridized carbons (Fsp3) is 0.364. The predicted octanol–water partition coefficient (Wildman–Crippen LogP) is 1.21. The molecule has 3 heteroatoms. The molecule has 0 aliphatic heterocycles. The number of hydrogen-bond acceptors (Lipinski definition) is 2. The fourth-order valence-corrected chi connectivity index (χ4v) is 1.39. The number of aryl methyl sites for hydroxylation is 1. The molecule has 1 rings (SSSR count). The molecule has 3 nitrogen and oxygen atoms in total. The highest BCUT2D eigenvalue weighted by Crippen LogP contribution is 2.06. The van der Waals surface area contributed by atoms with Crippen LogP contribution >= 0.6 is 0 Å². The summed E-state index contributed by atoms with van der Waals surface area (Å²) in [5.41, 5.74) is 2.20. The Labute approximate surface area is 83.8 Å². The highest BCUT2D eigenvalue weighted by molar-refractivity contribution is 5.73. The van der Waals surface area contributed by atoms with Gasteiger partial charge in [0.05, 0.1) is 0 Å². The minimum atomic E-state index is -0.811. The topological polar surface area (TPSA) is 49.3 Å². The number of rotatable bonds is 4. The van der Waals surface area contributed by atoms with Gasteiger partial charge in [-0.1, -0.05) is 29.8 Å². The number of hydrogen-bond donors (Lipinski definition) is 2. The molecule has 0 aliphatic carbocycles. The van der Waals surface area contributed by atoms with E-state index in [4.69, 9.17) is 5.11 Å². The molecule has 0 fully saturated rings. The summed E-state index contributed by atoms with van der Waals surface area (Å²) in [4.78, 5) is 10.8. The van der Waals surface area contributed by atoms with Crippen molar-refractivity contribution >= 4 is 5.97 Å². The Morgan fingerprint density at radius 1 is 1.57 bits per heavy atom. The quantitative estimate of drug-likeness (QED) is 0.755. The monoisotopic (exact) mass is 193 g/mol. The molecular weight excluding hydrogens is 178 g/mol. The summed E-state index contributed by atoms with van der Waals surface area (Å²) >= 11 is 0. The number of carboxylic acids is 1. The number of likely N-dealkylation sites (N-methyl/N-ethyl adjacent to an activating group) is 1. The maximum Gasteiger partial charge on any atom is 0.321 e.